The van der Waals surface area contributed by atoms with Crippen LogP contribution in [0.1, 0.15) is 10.4 Å². The van der Waals surface area contributed by atoms with Crippen LogP contribution in [0.3, 0.4) is 0 Å². The van der Waals surface area contributed by atoms with Crippen LogP contribution in [-0.4, -0.2) is 79.2 Å². The van der Waals surface area contributed by atoms with Gasteiger partial charge in [-0.3, -0.25) is 19.3 Å². The zero-order valence-electron chi connectivity index (χ0n) is 14.5. The maximum atomic E-state index is 12.2. The molecule has 1 saturated heterocycles. The summed E-state index contributed by atoms with van der Waals surface area (Å²) in [4.78, 5) is 43.1. The number of benzene rings is 1. The number of fused-ring (bicyclic) bond motifs is 1. The molecule has 26 heavy (non-hydrogen) atoms. The Bertz CT molecular complexity index is 816. The summed E-state index contributed by atoms with van der Waals surface area (Å²) in [5.41, 5.74) is 1.29. The minimum absolute atomic E-state index is 0.0273. The summed E-state index contributed by atoms with van der Waals surface area (Å²) in [5.74, 6) is -0.377. The molecule has 0 radical (unpaired) electrons. The second-order valence-corrected chi connectivity index (χ2v) is 7.22. The molecular formula is C17H21N5O3S. The highest BCUT2D eigenvalue weighted by molar-refractivity contribution is 7.22. The number of anilines is 1. The van der Waals surface area contributed by atoms with Gasteiger partial charge in [-0.2, -0.15) is 0 Å². The second-order valence-electron chi connectivity index (χ2n) is 6.19. The molecule has 0 saturated carbocycles. The van der Waals surface area contributed by atoms with Crippen molar-refractivity contribution in [1.82, 2.24) is 20.1 Å². The third-order valence-electron chi connectivity index (χ3n) is 4.17. The van der Waals surface area contributed by atoms with Crippen LogP contribution in [0.5, 0.6) is 0 Å². The van der Waals surface area contributed by atoms with E-state index in [1.807, 2.05) is 0 Å². The Labute approximate surface area is 155 Å². The predicted octanol–water partition coefficient (Wildman–Crippen LogP) is 0.411. The van der Waals surface area contributed by atoms with Gasteiger partial charge in [-0.15, -0.1) is 0 Å². The number of carbonyl (C=O) groups excluding carboxylic acids is 3. The predicted molar refractivity (Wildman–Crippen MR) is 101 cm³/mol. The SMILES string of the molecule is CN(CC(=O)Nc1nc2ccc(C=O)cc2s1)C(=O)CN1CCNCC1. The number of rotatable bonds is 6. The monoisotopic (exact) mass is 375 g/mol. The molecule has 1 fully saturated rings. The highest BCUT2D eigenvalue weighted by Gasteiger charge is 2.18. The van der Waals surface area contributed by atoms with Gasteiger partial charge in [-0.1, -0.05) is 11.3 Å². The molecule has 9 heteroatoms. The summed E-state index contributed by atoms with van der Waals surface area (Å²) in [6.07, 6.45) is 0.774. The van der Waals surface area contributed by atoms with Crippen molar-refractivity contribution >= 4 is 44.8 Å². The average Bonchev–Trinajstić information content (AvgIpc) is 3.03. The molecule has 2 heterocycles. The summed E-state index contributed by atoms with van der Waals surface area (Å²) >= 11 is 1.30. The summed E-state index contributed by atoms with van der Waals surface area (Å²) < 4.78 is 0.827. The molecule has 2 N–H and O–H groups in total. The standard InChI is InChI=1S/C17H21N5O3S/c1-21(16(25)10-22-6-4-18-5-7-22)9-15(24)20-17-19-13-3-2-12(11-23)8-14(13)26-17/h2-3,8,11,18H,4-7,9-10H2,1H3,(H,19,20,24). The van der Waals surface area contributed by atoms with Gasteiger partial charge in [-0.05, 0) is 18.2 Å². The van der Waals surface area contributed by atoms with E-state index in [9.17, 15) is 14.4 Å². The largest absolute Gasteiger partial charge is 0.335 e. The Morgan fingerprint density at radius 3 is 2.88 bits per heavy atom. The molecule has 3 rings (SSSR count). The number of carbonyl (C=O) groups is 3. The van der Waals surface area contributed by atoms with E-state index in [1.165, 1.54) is 16.2 Å². The number of thiazole rings is 1. The molecule has 0 unspecified atom stereocenters. The molecule has 2 aromatic rings. The maximum Gasteiger partial charge on any atom is 0.245 e. The zero-order valence-corrected chi connectivity index (χ0v) is 15.3. The van der Waals surface area contributed by atoms with E-state index in [-0.39, 0.29) is 18.4 Å². The number of hydrogen-bond acceptors (Lipinski definition) is 7. The highest BCUT2D eigenvalue weighted by Crippen LogP contribution is 2.26. The van der Waals surface area contributed by atoms with E-state index >= 15 is 0 Å². The summed E-state index contributed by atoms with van der Waals surface area (Å²) in [5, 5.41) is 6.41. The lowest BCUT2D eigenvalue weighted by atomic mass is 10.2. The number of nitrogens with one attached hydrogen (secondary N) is 2. The Balaban J connectivity index is 1.54. The van der Waals surface area contributed by atoms with E-state index in [1.54, 1.807) is 25.2 Å². The molecule has 0 aliphatic carbocycles. The number of hydrogen-bond donors (Lipinski definition) is 2. The van der Waals surface area contributed by atoms with Gasteiger partial charge < -0.3 is 15.5 Å². The van der Waals surface area contributed by atoms with E-state index in [2.05, 4.69) is 20.5 Å². The van der Waals surface area contributed by atoms with Crippen molar-refractivity contribution in [1.29, 1.82) is 0 Å². The van der Waals surface area contributed by atoms with Gasteiger partial charge in [0, 0.05) is 38.8 Å². The molecule has 1 aliphatic rings. The van der Waals surface area contributed by atoms with Crippen LogP contribution >= 0.6 is 11.3 Å². The van der Waals surface area contributed by atoms with Gasteiger partial charge in [0.15, 0.2) is 5.13 Å². The number of nitrogens with zero attached hydrogens (tertiary/aromatic N) is 3. The second kappa shape index (κ2) is 8.35. The topological polar surface area (TPSA) is 94.6 Å². The van der Waals surface area contributed by atoms with Crippen molar-refractivity contribution in [2.45, 2.75) is 0 Å². The Kier molecular flexibility index (Phi) is 5.92. The van der Waals surface area contributed by atoms with E-state index in [0.29, 0.717) is 17.2 Å². The first-order valence-corrected chi connectivity index (χ1v) is 9.19. The van der Waals surface area contributed by atoms with Crippen molar-refractivity contribution in [3.8, 4) is 0 Å². The van der Waals surface area contributed by atoms with Crippen LogP contribution in [0, 0.1) is 0 Å². The van der Waals surface area contributed by atoms with E-state index in [4.69, 9.17) is 0 Å². The number of piperazine rings is 1. The molecule has 8 nitrogen and oxygen atoms in total. The molecule has 0 atom stereocenters. The lowest BCUT2D eigenvalue weighted by Gasteiger charge is -2.28. The van der Waals surface area contributed by atoms with Gasteiger partial charge >= 0.3 is 0 Å². The van der Waals surface area contributed by atoms with Gasteiger partial charge in [0.1, 0.15) is 6.29 Å². The minimum atomic E-state index is -0.296. The Hall–Kier alpha value is -2.36. The van der Waals surface area contributed by atoms with Crippen LogP contribution in [0.2, 0.25) is 0 Å². The lowest BCUT2D eigenvalue weighted by Crippen LogP contribution is -2.48. The smallest absolute Gasteiger partial charge is 0.245 e. The molecular weight excluding hydrogens is 354 g/mol. The molecule has 0 spiro atoms. The first-order valence-electron chi connectivity index (χ1n) is 8.38. The number of aromatic nitrogens is 1. The normalized spacial score (nSPS) is 15.0. The van der Waals surface area contributed by atoms with Gasteiger partial charge in [0.05, 0.1) is 23.3 Å². The van der Waals surface area contributed by atoms with Crippen LogP contribution in [0.15, 0.2) is 18.2 Å². The lowest BCUT2D eigenvalue weighted by molar-refractivity contribution is -0.134. The van der Waals surface area contributed by atoms with Crippen LogP contribution in [0.25, 0.3) is 10.2 Å². The average molecular weight is 375 g/mol. The first-order chi connectivity index (χ1) is 12.5. The van der Waals surface area contributed by atoms with Crippen LogP contribution < -0.4 is 10.6 Å². The maximum absolute atomic E-state index is 12.2. The van der Waals surface area contributed by atoms with Crippen molar-refractivity contribution < 1.29 is 14.4 Å². The fourth-order valence-corrected chi connectivity index (χ4v) is 3.64. The first kappa shape index (κ1) is 18.4. The minimum Gasteiger partial charge on any atom is -0.335 e. The third-order valence-corrected chi connectivity index (χ3v) is 5.10. The molecule has 138 valence electrons. The van der Waals surface area contributed by atoms with Gasteiger partial charge in [0.2, 0.25) is 11.8 Å². The summed E-state index contributed by atoms with van der Waals surface area (Å²) in [7, 11) is 1.62. The summed E-state index contributed by atoms with van der Waals surface area (Å²) in [6.45, 7) is 3.71. The van der Waals surface area contributed by atoms with Crippen molar-refractivity contribution in [3.63, 3.8) is 0 Å². The molecule has 0 bridgehead atoms. The van der Waals surface area contributed by atoms with Crippen LogP contribution in [-0.2, 0) is 9.59 Å². The molecule has 2 amide bonds. The molecule has 1 aliphatic heterocycles. The number of likely N-dealkylation sites (N-methyl/N-ethyl adjacent to an activating group) is 1. The highest BCUT2D eigenvalue weighted by atomic mass is 32.1. The van der Waals surface area contributed by atoms with E-state index in [0.717, 1.165) is 42.7 Å². The van der Waals surface area contributed by atoms with Gasteiger partial charge in [0.25, 0.3) is 0 Å². The fraction of sp³-hybridized carbons (Fsp3) is 0.412. The Morgan fingerprint density at radius 2 is 2.15 bits per heavy atom. The zero-order chi connectivity index (χ0) is 18.5. The van der Waals surface area contributed by atoms with E-state index < -0.39 is 0 Å². The molecule has 1 aromatic heterocycles. The van der Waals surface area contributed by atoms with Crippen molar-refractivity contribution in [2.75, 3.05) is 51.6 Å². The van der Waals surface area contributed by atoms with Crippen LogP contribution in [0.4, 0.5) is 5.13 Å². The quantitative estimate of drug-likeness (QED) is 0.711. The third kappa shape index (κ3) is 4.63. The van der Waals surface area contributed by atoms with Crippen molar-refractivity contribution in [2.24, 2.45) is 0 Å². The number of aldehydes is 1. The molecule has 1 aromatic carbocycles. The summed E-state index contributed by atoms with van der Waals surface area (Å²) in [6, 6.07) is 5.16. The van der Waals surface area contributed by atoms with Crippen molar-refractivity contribution in [3.05, 3.63) is 23.8 Å². The van der Waals surface area contributed by atoms with Gasteiger partial charge in [-0.25, -0.2) is 4.98 Å². The Morgan fingerprint density at radius 1 is 1.38 bits per heavy atom. The fourth-order valence-electron chi connectivity index (χ4n) is 2.71. The number of amides is 2.